The summed E-state index contributed by atoms with van der Waals surface area (Å²) in [4.78, 5) is 17.0. The lowest BCUT2D eigenvalue weighted by Crippen LogP contribution is -2.29. The van der Waals surface area contributed by atoms with Gasteiger partial charge in [0, 0.05) is 5.69 Å². The number of carbonyl (C=O) groups excluding carboxylic acids is 1. The Morgan fingerprint density at radius 3 is 2.27 bits per heavy atom. The Morgan fingerprint density at radius 1 is 1.00 bits per heavy atom. The number of alkyl halides is 3. The lowest BCUT2D eigenvalue weighted by molar-refractivity contribution is -0.115. The smallest absolute Gasteiger partial charge is 0.489 e. The molecule has 4 rings (SSSR count). The molecule has 7 nitrogen and oxygen atoms in total. The molecule has 3 aromatic rings. The summed E-state index contributed by atoms with van der Waals surface area (Å²) in [6, 6.07) is 20.2. The van der Waals surface area contributed by atoms with E-state index in [1.807, 2.05) is 55.5 Å². The lowest BCUT2D eigenvalue weighted by atomic mass is 10.1. The third-order valence-corrected chi connectivity index (χ3v) is 7.03. The zero-order chi connectivity index (χ0) is 26.6. The number of aryl methyl sites for hydroxylation is 1. The van der Waals surface area contributed by atoms with E-state index in [2.05, 4.69) is 10.3 Å². The van der Waals surface area contributed by atoms with Crippen molar-refractivity contribution in [3.8, 4) is 5.75 Å². The zero-order valence-electron chi connectivity index (χ0n) is 19.2. The number of thioether (sulfide) groups is 1. The van der Waals surface area contributed by atoms with Gasteiger partial charge >= 0.3 is 15.5 Å². The highest BCUT2D eigenvalue weighted by molar-refractivity contribution is 8.18. The number of aliphatic imine (C=N–C) groups is 1. The van der Waals surface area contributed by atoms with Gasteiger partial charge in [0.05, 0.1) is 10.6 Å². The largest absolute Gasteiger partial charge is 0.516 e. The standard InChI is InChI=1S/C25H20F3N3O4S2/c1-16-2-4-18(5-3-16)15-35-21-12-6-17(7-13-21)14-22-23(32)30-24(36-22)29-19-8-10-20(11-9-19)31-37(33,34)25(26,27)28/h2-14,31H,15H2,1H3,(H,29,30,32)/b22-14-. The molecule has 3 aromatic carbocycles. The first kappa shape index (κ1) is 26.3. The third-order valence-electron chi connectivity index (χ3n) is 5.01. The molecule has 1 amide bonds. The average molecular weight is 548 g/mol. The van der Waals surface area contributed by atoms with Gasteiger partial charge in [-0.2, -0.15) is 21.6 Å². The zero-order valence-corrected chi connectivity index (χ0v) is 20.9. The summed E-state index contributed by atoms with van der Waals surface area (Å²) < 4.78 is 67.1. The van der Waals surface area contributed by atoms with Crippen LogP contribution < -0.4 is 14.8 Å². The van der Waals surface area contributed by atoms with Gasteiger partial charge < -0.3 is 10.1 Å². The maximum absolute atomic E-state index is 12.5. The number of anilines is 1. The summed E-state index contributed by atoms with van der Waals surface area (Å²) >= 11 is 1.10. The van der Waals surface area contributed by atoms with Crippen LogP contribution in [0.5, 0.6) is 5.75 Å². The number of hydrogen-bond donors (Lipinski definition) is 2. The average Bonchev–Trinajstić information content (AvgIpc) is 3.18. The fourth-order valence-corrected chi connectivity index (χ4v) is 4.48. The minimum Gasteiger partial charge on any atom is -0.489 e. The van der Waals surface area contributed by atoms with Gasteiger partial charge in [0.2, 0.25) is 0 Å². The number of sulfonamides is 1. The molecule has 1 heterocycles. The molecule has 0 atom stereocenters. The van der Waals surface area contributed by atoms with Crippen LogP contribution in [-0.4, -0.2) is 25.0 Å². The van der Waals surface area contributed by atoms with E-state index in [0.717, 1.165) is 35.0 Å². The number of halogens is 3. The molecule has 0 saturated carbocycles. The minimum absolute atomic E-state index is 0.267. The molecule has 0 bridgehead atoms. The molecule has 0 spiro atoms. The first-order chi connectivity index (χ1) is 17.5. The number of nitrogens with one attached hydrogen (secondary N) is 2. The normalized spacial score (nSPS) is 16.2. The molecular formula is C25H20F3N3O4S2. The Balaban J connectivity index is 1.37. The Hall–Kier alpha value is -3.77. The quantitative estimate of drug-likeness (QED) is 0.369. The van der Waals surface area contributed by atoms with Crippen molar-refractivity contribution in [2.45, 2.75) is 19.0 Å². The molecule has 1 aliphatic rings. The molecular weight excluding hydrogens is 527 g/mol. The van der Waals surface area contributed by atoms with Crippen molar-refractivity contribution in [2.24, 2.45) is 4.99 Å². The molecule has 192 valence electrons. The topological polar surface area (TPSA) is 96.9 Å². The van der Waals surface area contributed by atoms with Gasteiger partial charge in [-0.15, -0.1) is 0 Å². The van der Waals surface area contributed by atoms with Gasteiger partial charge in [-0.05, 0) is 72.3 Å². The van der Waals surface area contributed by atoms with E-state index in [4.69, 9.17) is 4.74 Å². The Bertz CT molecular complexity index is 1450. The molecule has 2 N–H and O–H groups in total. The van der Waals surface area contributed by atoms with Crippen LogP contribution in [0, 0.1) is 6.92 Å². The van der Waals surface area contributed by atoms with Crippen LogP contribution in [0.3, 0.4) is 0 Å². The van der Waals surface area contributed by atoms with Crippen molar-refractivity contribution >= 4 is 50.3 Å². The first-order valence-electron chi connectivity index (χ1n) is 10.8. The van der Waals surface area contributed by atoms with Gasteiger partial charge in [0.1, 0.15) is 12.4 Å². The predicted octanol–water partition coefficient (Wildman–Crippen LogP) is 5.73. The van der Waals surface area contributed by atoms with Crippen molar-refractivity contribution < 1.29 is 31.1 Å². The Kier molecular flexibility index (Phi) is 7.60. The van der Waals surface area contributed by atoms with E-state index in [9.17, 15) is 26.4 Å². The summed E-state index contributed by atoms with van der Waals surface area (Å²) in [5.74, 6) is 0.340. The maximum atomic E-state index is 12.5. The summed E-state index contributed by atoms with van der Waals surface area (Å²) in [6.45, 7) is 2.46. The second kappa shape index (κ2) is 10.7. The number of carbonyl (C=O) groups is 1. The minimum atomic E-state index is -5.51. The molecule has 0 aromatic heterocycles. The number of hydrogen-bond acceptors (Lipinski definition) is 6. The number of nitrogens with zero attached hydrogens (tertiary/aromatic N) is 1. The second-order valence-corrected chi connectivity index (χ2v) is 10.6. The van der Waals surface area contributed by atoms with Crippen LogP contribution in [0.1, 0.15) is 16.7 Å². The second-order valence-electron chi connectivity index (χ2n) is 7.92. The van der Waals surface area contributed by atoms with Gasteiger partial charge in [-0.3, -0.25) is 9.52 Å². The number of ether oxygens (including phenoxy) is 1. The summed E-state index contributed by atoms with van der Waals surface area (Å²) in [7, 11) is -5.51. The Morgan fingerprint density at radius 2 is 1.65 bits per heavy atom. The lowest BCUT2D eigenvalue weighted by Gasteiger charge is -2.10. The molecule has 0 aliphatic carbocycles. The number of amides is 1. The molecule has 1 fully saturated rings. The highest BCUT2D eigenvalue weighted by Gasteiger charge is 2.46. The summed E-state index contributed by atoms with van der Waals surface area (Å²) in [5.41, 5.74) is -2.36. The molecule has 1 aliphatic heterocycles. The van der Waals surface area contributed by atoms with E-state index in [1.165, 1.54) is 22.4 Å². The molecule has 37 heavy (non-hydrogen) atoms. The fourth-order valence-electron chi connectivity index (χ4n) is 3.08. The van der Waals surface area contributed by atoms with E-state index < -0.39 is 15.5 Å². The van der Waals surface area contributed by atoms with E-state index in [-0.39, 0.29) is 16.8 Å². The van der Waals surface area contributed by atoms with Crippen LogP contribution in [0.15, 0.2) is 82.7 Å². The van der Waals surface area contributed by atoms with Crippen LogP contribution in [0.4, 0.5) is 24.5 Å². The van der Waals surface area contributed by atoms with Crippen LogP contribution in [0.2, 0.25) is 0 Å². The van der Waals surface area contributed by atoms with Gasteiger partial charge in [-0.1, -0.05) is 42.0 Å². The van der Waals surface area contributed by atoms with Gasteiger partial charge in [0.25, 0.3) is 5.91 Å². The van der Waals surface area contributed by atoms with Crippen LogP contribution in [-0.2, 0) is 21.4 Å². The summed E-state index contributed by atoms with van der Waals surface area (Å²) in [5, 5.41) is 2.90. The van der Waals surface area contributed by atoms with E-state index in [0.29, 0.717) is 22.9 Å². The highest BCUT2D eigenvalue weighted by Crippen LogP contribution is 2.30. The van der Waals surface area contributed by atoms with Crippen molar-refractivity contribution in [1.29, 1.82) is 0 Å². The SMILES string of the molecule is Cc1ccc(COc2ccc(/C=C3\SC(=Nc4ccc(NS(=O)(=O)C(F)(F)F)cc4)NC3=O)cc2)cc1. The van der Waals surface area contributed by atoms with Crippen LogP contribution in [0.25, 0.3) is 6.08 Å². The van der Waals surface area contributed by atoms with Gasteiger partial charge in [-0.25, -0.2) is 4.99 Å². The molecule has 12 heteroatoms. The number of amidine groups is 1. The third kappa shape index (κ3) is 6.92. The Labute approximate surface area is 215 Å². The summed E-state index contributed by atoms with van der Waals surface area (Å²) in [6.07, 6.45) is 1.70. The molecule has 0 unspecified atom stereocenters. The maximum Gasteiger partial charge on any atom is 0.516 e. The molecule has 1 saturated heterocycles. The van der Waals surface area contributed by atoms with Crippen molar-refractivity contribution in [1.82, 2.24) is 5.32 Å². The fraction of sp³-hybridized carbons (Fsp3) is 0.120. The highest BCUT2D eigenvalue weighted by atomic mass is 32.2. The molecule has 0 radical (unpaired) electrons. The van der Waals surface area contributed by atoms with E-state index >= 15 is 0 Å². The first-order valence-corrected chi connectivity index (χ1v) is 13.1. The van der Waals surface area contributed by atoms with Crippen molar-refractivity contribution in [3.05, 3.63) is 94.4 Å². The predicted molar refractivity (Wildman–Crippen MR) is 138 cm³/mol. The van der Waals surface area contributed by atoms with Crippen molar-refractivity contribution in [2.75, 3.05) is 4.72 Å². The number of benzene rings is 3. The van der Waals surface area contributed by atoms with Gasteiger partial charge in [0.15, 0.2) is 5.17 Å². The van der Waals surface area contributed by atoms with Crippen molar-refractivity contribution in [3.63, 3.8) is 0 Å². The number of rotatable bonds is 7. The van der Waals surface area contributed by atoms with Crippen LogP contribution >= 0.6 is 11.8 Å². The monoisotopic (exact) mass is 547 g/mol. The van der Waals surface area contributed by atoms with E-state index in [1.54, 1.807) is 6.08 Å².